The average Bonchev–Trinajstić information content (AvgIpc) is 2.96. The molecule has 5 heteroatoms. The highest BCUT2D eigenvalue weighted by Crippen LogP contribution is 2.39. The predicted octanol–water partition coefficient (Wildman–Crippen LogP) is 2.46. The molecule has 3 heterocycles. The molecule has 2 fully saturated rings. The van der Waals surface area contributed by atoms with Crippen LogP contribution in [-0.2, 0) is 11.3 Å². The fourth-order valence-corrected chi connectivity index (χ4v) is 4.17. The van der Waals surface area contributed by atoms with E-state index < -0.39 is 0 Å². The molecule has 3 rings (SSSR count). The number of methoxy groups -OCH3 is 1. The number of piperidine rings is 1. The number of pyridine rings is 1. The van der Waals surface area contributed by atoms with E-state index in [1.54, 1.807) is 13.3 Å². The van der Waals surface area contributed by atoms with Gasteiger partial charge in [0.2, 0.25) is 11.8 Å². The molecule has 2 aliphatic heterocycles. The smallest absolute Gasteiger partial charge is 0.243 e. The van der Waals surface area contributed by atoms with Crippen molar-refractivity contribution in [3.05, 3.63) is 23.9 Å². The Morgan fingerprint density at radius 1 is 1.30 bits per heavy atom. The van der Waals surface area contributed by atoms with Gasteiger partial charge in [0.05, 0.1) is 7.11 Å². The number of hydrogen-bond donors (Lipinski definition) is 0. The van der Waals surface area contributed by atoms with Gasteiger partial charge in [0, 0.05) is 31.4 Å². The first-order valence-corrected chi connectivity index (χ1v) is 8.73. The number of carbonyl (C=O) groups excluding carboxylic acids is 1. The van der Waals surface area contributed by atoms with Gasteiger partial charge in [-0.25, -0.2) is 4.98 Å². The number of carbonyl (C=O) groups is 1. The van der Waals surface area contributed by atoms with Crippen LogP contribution in [0, 0.1) is 0 Å². The fourth-order valence-electron chi connectivity index (χ4n) is 4.17. The van der Waals surface area contributed by atoms with Crippen LogP contribution < -0.4 is 4.74 Å². The Kier molecular flexibility index (Phi) is 4.85. The largest absolute Gasteiger partial charge is 0.481 e. The minimum atomic E-state index is -0.297. The maximum absolute atomic E-state index is 13.1. The Bertz CT molecular complexity index is 561. The maximum Gasteiger partial charge on any atom is 0.243 e. The number of amides is 1. The summed E-state index contributed by atoms with van der Waals surface area (Å²) >= 11 is 0. The van der Waals surface area contributed by atoms with Crippen molar-refractivity contribution in [2.75, 3.05) is 26.7 Å². The summed E-state index contributed by atoms with van der Waals surface area (Å²) < 4.78 is 5.38. The van der Waals surface area contributed by atoms with Gasteiger partial charge >= 0.3 is 0 Å². The van der Waals surface area contributed by atoms with E-state index in [2.05, 4.69) is 27.8 Å². The SMILES string of the molecule is CCCN1CCCC2(CCCN2Cc2cccnc2OC)C1=O. The first kappa shape index (κ1) is 16.2. The molecule has 126 valence electrons. The second-order valence-electron chi connectivity index (χ2n) is 6.62. The Hall–Kier alpha value is -1.62. The van der Waals surface area contributed by atoms with Gasteiger partial charge in [0.15, 0.2) is 0 Å². The first-order chi connectivity index (χ1) is 11.2. The van der Waals surface area contributed by atoms with Gasteiger partial charge < -0.3 is 9.64 Å². The summed E-state index contributed by atoms with van der Waals surface area (Å²) in [7, 11) is 1.65. The second-order valence-corrected chi connectivity index (χ2v) is 6.62. The number of likely N-dealkylation sites (tertiary alicyclic amines) is 2. The van der Waals surface area contributed by atoms with Crippen LogP contribution in [0.15, 0.2) is 18.3 Å². The van der Waals surface area contributed by atoms with E-state index in [0.29, 0.717) is 11.8 Å². The lowest BCUT2D eigenvalue weighted by molar-refractivity contribution is -0.147. The third-order valence-electron chi connectivity index (χ3n) is 5.23. The Labute approximate surface area is 138 Å². The Morgan fingerprint density at radius 3 is 2.83 bits per heavy atom. The van der Waals surface area contributed by atoms with Crippen LogP contribution in [0.3, 0.4) is 0 Å². The summed E-state index contributed by atoms with van der Waals surface area (Å²) in [5, 5.41) is 0. The summed E-state index contributed by atoms with van der Waals surface area (Å²) in [6.45, 7) is 5.65. The van der Waals surface area contributed by atoms with Crippen molar-refractivity contribution in [2.24, 2.45) is 0 Å². The summed E-state index contributed by atoms with van der Waals surface area (Å²) in [5.41, 5.74) is 0.769. The number of nitrogens with zero attached hydrogens (tertiary/aromatic N) is 3. The molecular formula is C18H27N3O2. The number of ether oxygens (including phenoxy) is 1. The van der Waals surface area contributed by atoms with Crippen molar-refractivity contribution in [1.82, 2.24) is 14.8 Å². The lowest BCUT2D eigenvalue weighted by atomic mass is 9.85. The van der Waals surface area contributed by atoms with E-state index in [4.69, 9.17) is 4.74 Å². The van der Waals surface area contributed by atoms with Gasteiger partial charge in [-0.3, -0.25) is 9.69 Å². The zero-order valence-electron chi connectivity index (χ0n) is 14.3. The van der Waals surface area contributed by atoms with Crippen LogP contribution >= 0.6 is 0 Å². The van der Waals surface area contributed by atoms with Crippen molar-refractivity contribution in [2.45, 2.75) is 51.1 Å². The molecule has 2 saturated heterocycles. The molecule has 0 aliphatic carbocycles. The van der Waals surface area contributed by atoms with Gasteiger partial charge in [-0.1, -0.05) is 13.0 Å². The topological polar surface area (TPSA) is 45.7 Å². The molecule has 0 N–H and O–H groups in total. The highest BCUT2D eigenvalue weighted by molar-refractivity contribution is 5.87. The van der Waals surface area contributed by atoms with Gasteiger partial charge in [0.25, 0.3) is 0 Å². The standard InChI is InChI=1S/C18H27N3O2/c1-3-11-20-12-5-8-18(17(20)22)9-6-13-21(18)14-15-7-4-10-19-16(15)23-2/h4,7,10H,3,5-6,8-9,11-14H2,1-2H3. The predicted molar refractivity (Wildman–Crippen MR) is 89.3 cm³/mol. The highest BCUT2D eigenvalue weighted by atomic mass is 16.5. The van der Waals surface area contributed by atoms with Crippen LogP contribution in [0.25, 0.3) is 0 Å². The van der Waals surface area contributed by atoms with Crippen molar-refractivity contribution < 1.29 is 9.53 Å². The van der Waals surface area contributed by atoms with E-state index in [9.17, 15) is 4.79 Å². The van der Waals surface area contributed by atoms with Gasteiger partial charge in [0.1, 0.15) is 5.54 Å². The van der Waals surface area contributed by atoms with E-state index in [1.165, 1.54) is 0 Å². The molecule has 1 unspecified atom stereocenters. The number of rotatable bonds is 5. The Balaban J connectivity index is 1.83. The summed E-state index contributed by atoms with van der Waals surface area (Å²) in [6, 6.07) is 3.99. The fraction of sp³-hybridized carbons (Fsp3) is 0.667. The average molecular weight is 317 g/mol. The van der Waals surface area contributed by atoms with E-state index in [1.807, 2.05) is 6.07 Å². The van der Waals surface area contributed by atoms with Gasteiger partial charge in [-0.05, 0) is 44.7 Å². The molecular weight excluding hydrogens is 290 g/mol. The van der Waals surface area contributed by atoms with Crippen LogP contribution in [0.5, 0.6) is 5.88 Å². The molecule has 1 aromatic heterocycles. The summed E-state index contributed by atoms with van der Waals surface area (Å²) in [4.78, 5) is 21.9. The highest BCUT2D eigenvalue weighted by Gasteiger charge is 2.50. The van der Waals surface area contributed by atoms with Crippen molar-refractivity contribution in [1.29, 1.82) is 0 Å². The van der Waals surface area contributed by atoms with Crippen LogP contribution in [0.2, 0.25) is 0 Å². The molecule has 1 spiro atoms. The molecule has 2 aliphatic rings. The quantitative estimate of drug-likeness (QED) is 0.837. The van der Waals surface area contributed by atoms with Crippen LogP contribution in [0.1, 0.15) is 44.6 Å². The van der Waals surface area contributed by atoms with E-state index in [-0.39, 0.29) is 5.54 Å². The summed E-state index contributed by atoms with van der Waals surface area (Å²) in [5.74, 6) is 1.01. The normalized spacial score (nSPS) is 25.3. The first-order valence-electron chi connectivity index (χ1n) is 8.73. The van der Waals surface area contributed by atoms with Crippen molar-refractivity contribution in [3.8, 4) is 5.88 Å². The minimum absolute atomic E-state index is 0.297. The van der Waals surface area contributed by atoms with Gasteiger partial charge in [-0.2, -0.15) is 0 Å². The zero-order valence-corrected chi connectivity index (χ0v) is 14.3. The monoisotopic (exact) mass is 317 g/mol. The maximum atomic E-state index is 13.1. The van der Waals surface area contributed by atoms with Crippen molar-refractivity contribution >= 4 is 5.91 Å². The van der Waals surface area contributed by atoms with Crippen molar-refractivity contribution in [3.63, 3.8) is 0 Å². The molecule has 1 aromatic rings. The third-order valence-corrected chi connectivity index (χ3v) is 5.23. The molecule has 23 heavy (non-hydrogen) atoms. The lowest BCUT2D eigenvalue weighted by Crippen LogP contribution is -2.59. The van der Waals surface area contributed by atoms with E-state index >= 15 is 0 Å². The van der Waals surface area contributed by atoms with Crippen LogP contribution in [0.4, 0.5) is 0 Å². The lowest BCUT2D eigenvalue weighted by Gasteiger charge is -2.44. The molecule has 0 radical (unpaired) electrons. The van der Waals surface area contributed by atoms with E-state index in [0.717, 1.165) is 63.8 Å². The van der Waals surface area contributed by atoms with Crippen LogP contribution in [-0.4, -0.2) is 53.0 Å². The Morgan fingerprint density at radius 2 is 2.09 bits per heavy atom. The number of aromatic nitrogens is 1. The molecule has 0 saturated carbocycles. The molecule has 1 atom stereocenters. The third kappa shape index (κ3) is 2.94. The molecule has 0 aromatic carbocycles. The number of hydrogen-bond acceptors (Lipinski definition) is 4. The summed E-state index contributed by atoms with van der Waals surface area (Å²) in [6.07, 6.45) is 6.93. The molecule has 5 nitrogen and oxygen atoms in total. The molecule has 1 amide bonds. The second kappa shape index (κ2) is 6.87. The molecule has 0 bridgehead atoms. The zero-order chi connectivity index (χ0) is 16.3. The minimum Gasteiger partial charge on any atom is -0.481 e. The van der Waals surface area contributed by atoms with Gasteiger partial charge in [-0.15, -0.1) is 0 Å².